The van der Waals surface area contributed by atoms with Crippen LogP contribution in [0, 0.1) is 12.3 Å². The first-order valence-corrected chi connectivity index (χ1v) is 9.87. The van der Waals surface area contributed by atoms with E-state index in [2.05, 4.69) is 34.9 Å². The first-order valence-electron chi connectivity index (χ1n) is 9.87. The standard InChI is InChI=1S/C21H33N3O2/c1-17-7-8-19(23-9-5-6-10-23)18(15-17)16-22-11-13-24(14-12-22)26-20(25)21(2,3)4/h7-8,15H,5-6,9-14,16H2,1-4H3. The number of hydrogen-bond acceptors (Lipinski definition) is 5. The summed E-state index contributed by atoms with van der Waals surface area (Å²) in [5.74, 6) is -0.152. The zero-order valence-electron chi connectivity index (χ0n) is 16.8. The van der Waals surface area contributed by atoms with Crippen molar-refractivity contribution in [3.63, 3.8) is 0 Å². The fourth-order valence-electron chi connectivity index (χ4n) is 3.58. The Kier molecular flexibility index (Phi) is 5.88. The minimum atomic E-state index is -0.455. The van der Waals surface area contributed by atoms with E-state index in [0.29, 0.717) is 0 Å². The van der Waals surface area contributed by atoms with Gasteiger partial charge in [-0.2, -0.15) is 0 Å². The van der Waals surface area contributed by atoms with Crippen molar-refractivity contribution in [2.45, 2.75) is 47.1 Å². The molecule has 2 heterocycles. The molecule has 0 aromatic heterocycles. The Bertz CT molecular complexity index is 625. The first-order chi connectivity index (χ1) is 12.3. The van der Waals surface area contributed by atoms with Crippen LogP contribution in [-0.4, -0.2) is 55.2 Å². The third-order valence-electron chi connectivity index (χ3n) is 5.23. The summed E-state index contributed by atoms with van der Waals surface area (Å²) in [6.45, 7) is 14.5. The highest BCUT2D eigenvalue weighted by atomic mass is 16.7. The van der Waals surface area contributed by atoms with Gasteiger partial charge in [0, 0.05) is 51.5 Å². The van der Waals surface area contributed by atoms with Crippen molar-refractivity contribution < 1.29 is 9.63 Å². The van der Waals surface area contributed by atoms with Crippen LogP contribution >= 0.6 is 0 Å². The van der Waals surface area contributed by atoms with Crippen LogP contribution in [0.15, 0.2) is 18.2 Å². The zero-order chi connectivity index (χ0) is 18.7. The molecule has 5 heteroatoms. The van der Waals surface area contributed by atoms with Gasteiger partial charge in [0.2, 0.25) is 0 Å². The number of aryl methyl sites for hydroxylation is 1. The van der Waals surface area contributed by atoms with Crippen molar-refractivity contribution in [1.82, 2.24) is 9.96 Å². The third-order valence-corrected chi connectivity index (χ3v) is 5.23. The molecular formula is C21H33N3O2. The summed E-state index contributed by atoms with van der Waals surface area (Å²) in [6, 6.07) is 6.85. The summed E-state index contributed by atoms with van der Waals surface area (Å²) in [4.78, 5) is 22.6. The van der Waals surface area contributed by atoms with Crippen LogP contribution in [0.1, 0.15) is 44.7 Å². The van der Waals surface area contributed by atoms with E-state index in [1.165, 1.54) is 42.7 Å². The topological polar surface area (TPSA) is 36.0 Å². The van der Waals surface area contributed by atoms with Gasteiger partial charge in [0.15, 0.2) is 0 Å². The summed E-state index contributed by atoms with van der Waals surface area (Å²) >= 11 is 0. The number of hydroxylamine groups is 2. The number of carbonyl (C=O) groups excluding carboxylic acids is 1. The van der Waals surface area contributed by atoms with Gasteiger partial charge in [0.05, 0.1) is 5.41 Å². The highest BCUT2D eigenvalue weighted by Crippen LogP contribution is 2.27. The van der Waals surface area contributed by atoms with Gasteiger partial charge in [-0.05, 0) is 52.2 Å². The molecule has 0 N–H and O–H groups in total. The number of rotatable bonds is 4. The van der Waals surface area contributed by atoms with E-state index in [-0.39, 0.29) is 5.97 Å². The number of piperazine rings is 1. The lowest BCUT2D eigenvalue weighted by Crippen LogP contribution is -2.47. The Balaban J connectivity index is 1.58. The molecule has 2 saturated heterocycles. The highest BCUT2D eigenvalue weighted by Gasteiger charge is 2.28. The van der Waals surface area contributed by atoms with E-state index in [0.717, 1.165) is 32.7 Å². The smallest absolute Gasteiger partial charge is 0.330 e. The fraction of sp³-hybridized carbons (Fsp3) is 0.667. The van der Waals surface area contributed by atoms with Crippen LogP contribution in [0.3, 0.4) is 0 Å². The van der Waals surface area contributed by atoms with Crippen LogP contribution in [0.4, 0.5) is 5.69 Å². The molecule has 3 rings (SSSR count). The monoisotopic (exact) mass is 359 g/mol. The number of hydrogen-bond donors (Lipinski definition) is 0. The van der Waals surface area contributed by atoms with Gasteiger partial charge in [-0.15, -0.1) is 5.06 Å². The third kappa shape index (κ3) is 4.77. The van der Waals surface area contributed by atoms with Crippen molar-refractivity contribution >= 4 is 11.7 Å². The second-order valence-electron chi connectivity index (χ2n) is 8.66. The Morgan fingerprint density at radius 3 is 2.31 bits per heavy atom. The van der Waals surface area contributed by atoms with Crippen molar-refractivity contribution in [3.8, 4) is 0 Å². The molecule has 26 heavy (non-hydrogen) atoms. The van der Waals surface area contributed by atoms with Gasteiger partial charge < -0.3 is 9.74 Å². The van der Waals surface area contributed by atoms with Crippen molar-refractivity contribution in [1.29, 1.82) is 0 Å². The molecule has 1 aromatic rings. The van der Waals surface area contributed by atoms with Gasteiger partial charge in [-0.1, -0.05) is 17.7 Å². The molecule has 2 aliphatic rings. The van der Waals surface area contributed by atoms with Crippen LogP contribution in [0.25, 0.3) is 0 Å². The van der Waals surface area contributed by atoms with Crippen molar-refractivity contribution in [3.05, 3.63) is 29.3 Å². The molecule has 0 bridgehead atoms. The van der Waals surface area contributed by atoms with E-state index in [4.69, 9.17) is 4.84 Å². The average molecular weight is 360 g/mol. The molecular weight excluding hydrogens is 326 g/mol. The van der Waals surface area contributed by atoms with E-state index in [1.807, 2.05) is 25.8 Å². The maximum Gasteiger partial charge on any atom is 0.330 e. The molecule has 1 aromatic carbocycles. The lowest BCUT2D eigenvalue weighted by molar-refractivity contribution is -0.207. The molecule has 0 saturated carbocycles. The number of anilines is 1. The molecule has 0 amide bonds. The molecule has 0 radical (unpaired) electrons. The predicted molar refractivity (Wildman–Crippen MR) is 105 cm³/mol. The van der Waals surface area contributed by atoms with Gasteiger partial charge >= 0.3 is 5.97 Å². The number of benzene rings is 1. The first kappa shape index (κ1) is 19.2. The van der Waals surface area contributed by atoms with Gasteiger partial charge in [-0.25, -0.2) is 4.79 Å². The summed E-state index contributed by atoms with van der Waals surface area (Å²) in [5.41, 5.74) is 3.69. The normalized spacial score (nSPS) is 19.8. The van der Waals surface area contributed by atoms with E-state index in [9.17, 15) is 4.79 Å². The Labute approximate surface area is 157 Å². The zero-order valence-corrected chi connectivity index (χ0v) is 16.8. The molecule has 0 unspecified atom stereocenters. The predicted octanol–water partition coefficient (Wildman–Crippen LogP) is 3.22. The Morgan fingerprint density at radius 2 is 1.69 bits per heavy atom. The Morgan fingerprint density at radius 1 is 1.04 bits per heavy atom. The largest absolute Gasteiger partial charge is 0.371 e. The lowest BCUT2D eigenvalue weighted by atomic mass is 9.98. The Hall–Kier alpha value is -1.59. The second kappa shape index (κ2) is 7.97. The van der Waals surface area contributed by atoms with Gasteiger partial charge in [0.25, 0.3) is 0 Å². The van der Waals surface area contributed by atoms with Crippen LogP contribution in [0.5, 0.6) is 0 Å². The molecule has 0 spiro atoms. The maximum atomic E-state index is 12.1. The fourth-order valence-corrected chi connectivity index (χ4v) is 3.58. The number of nitrogens with zero attached hydrogens (tertiary/aromatic N) is 3. The lowest BCUT2D eigenvalue weighted by Gasteiger charge is -2.35. The van der Waals surface area contributed by atoms with Crippen LogP contribution in [0.2, 0.25) is 0 Å². The minimum absolute atomic E-state index is 0.152. The van der Waals surface area contributed by atoms with Crippen LogP contribution < -0.4 is 4.90 Å². The molecule has 0 atom stereocenters. The van der Waals surface area contributed by atoms with Crippen molar-refractivity contribution in [2.24, 2.45) is 5.41 Å². The second-order valence-corrected chi connectivity index (χ2v) is 8.66. The van der Waals surface area contributed by atoms with Crippen LogP contribution in [-0.2, 0) is 16.2 Å². The molecule has 144 valence electrons. The summed E-state index contributed by atoms with van der Waals surface area (Å²) in [7, 11) is 0. The average Bonchev–Trinajstić information content (AvgIpc) is 3.10. The molecule has 5 nitrogen and oxygen atoms in total. The van der Waals surface area contributed by atoms with E-state index < -0.39 is 5.41 Å². The van der Waals surface area contributed by atoms with E-state index >= 15 is 0 Å². The maximum absolute atomic E-state index is 12.1. The summed E-state index contributed by atoms with van der Waals surface area (Å²) in [5, 5.41) is 1.82. The number of carbonyl (C=O) groups is 1. The highest BCUT2D eigenvalue weighted by molar-refractivity contribution is 5.75. The van der Waals surface area contributed by atoms with E-state index in [1.54, 1.807) is 0 Å². The molecule has 0 aliphatic carbocycles. The van der Waals surface area contributed by atoms with Gasteiger partial charge in [-0.3, -0.25) is 4.90 Å². The molecule has 2 fully saturated rings. The van der Waals surface area contributed by atoms with Crippen molar-refractivity contribution in [2.75, 3.05) is 44.2 Å². The SMILES string of the molecule is Cc1ccc(N2CCCC2)c(CN2CCN(OC(=O)C(C)(C)C)CC2)c1. The van der Waals surface area contributed by atoms with Gasteiger partial charge in [0.1, 0.15) is 0 Å². The summed E-state index contributed by atoms with van der Waals surface area (Å²) < 4.78 is 0. The summed E-state index contributed by atoms with van der Waals surface area (Å²) in [6.07, 6.45) is 2.59. The molecule has 2 aliphatic heterocycles. The quantitative estimate of drug-likeness (QED) is 0.825. The minimum Gasteiger partial charge on any atom is -0.371 e.